The number of nitro groups is 3. The van der Waals surface area contributed by atoms with Crippen molar-refractivity contribution < 1.29 is 19.9 Å². The monoisotopic (exact) mass is 414 g/mol. The highest BCUT2D eigenvalue weighted by molar-refractivity contribution is 5.83. The van der Waals surface area contributed by atoms with Crippen LogP contribution in [0.2, 0.25) is 0 Å². The highest BCUT2D eigenvalue weighted by atomic mass is 16.6. The van der Waals surface area contributed by atoms with E-state index in [2.05, 4.69) is 50.9 Å². The Morgan fingerprint density at radius 2 is 1.33 bits per heavy atom. The topological polar surface area (TPSA) is 163 Å². The zero-order valence-electron chi connectivity index (χ0n) is 16.6. The molecule has 11 heteroatoms. The SMILES string of the molecule is Cc1ccc2c(C)c(C)c(C)nc2c1.O=[N+]([O-])c1cc([N+](=O)[O-])c(O)c([N+](=O)[O-])c1. The Bertz CT molecular complexity index is 1160. The first-order chi connectivity index (χ1) is 13.9. The van der Waals surface area contributed by atoms with Crippen molar-refractivity contribution in [2.45, 2.75) is 27.7 Å². The van der Waals surface area contributed by atoms with Gasteiger partial charge in [-0.05, 0) is 50.5 Å². The number of phenols is 1. The number of fused-ring (bicyclic) bond motifs is 1. The lowest BCUT2D eigenvalue weighted by atomic mass is 10.0. The molecule has 0 radical (unpaired) electrons. The average Bonchev–Trinajstić information content (AvgIpc) is 2.66. The molecule has 0 aliphatic carbocycles. The molecule has 1 N–H and O–H groups in total. The van der Waals surface area contributed by atoms with E-state index in [0.717, 1.165) is 11.2 Å². The summed E-state index contributed by atoms with van der Waals surface area (Å²) in [6, 6.07) is 7.35. The number of hydrogen-bond donors (Lipinski definition) is 1. The van der Waals surface area contributed by atoms with Crippen LogP contribution in [0, 0.1) is 58.0 Å². The smallest absolute Gasteiger partial charge is 0.324 e. The molecule has 0 atom stereocenters. The second kappa shape index (κ2) is 8.47. The van der Waals surface area contributed by atoms with E-state index in [9.17, 15) is 30.3 Å². The van der Waals surface area contributed by atoms with Crippen molar-refractivity contribution in [1.82, 2.24) is 4.98 Å². The van der Waals surface area contributed by atoms with Crippen LogP contribution < -0.4 is 0 Å². The van der Waals surface area contributed by atoms with Gasteiger partial charge in [-0.15, -0.1) is 0 Å². The van der Waals surface area contributed by atoms with Crippen LogP contribution in [0.3, 0.4) is 0 Å². The Labute approximate surface area is 170 Å². The molecule has 0 aliphatic rings. The van der Waals surface area contributed by atoms with Gasteiger partial charge in [0.2, 0.25) is 0 Å². The summed E-state index contributed by atoms with van der Waals surface area (Å²) >= 11 is 0. The van der Waals surface area contributed by atoms with E-state index in [-0.39, 0.29) is 0 Å². The van der Waals surface area contributed by atoms with Crippen LogP contribution in [0.1, 0.15) is 22.4 Å². The number of rotatable bonds is 3. The molecule has 0 unspecified atom stereocenters. The number of aromatic hydroxyl groups is 1. The standard InChI is InChI=1S/C13H15N.C6H3N3O7/c1-8-5-6-12-10(3)9(2)11(4)14-13(12)7-8;10-6-4(8(13)14)1-3(7(11)12)2-5(6)9(15)16/h5-7H,1-4H3;1-2,10H. The Morgan fingerprint density at radius 3 is 1.80 bits per heavy atom. The highest BCUT2D eigenvalue weighted by Gasteiger charge is 2.30. The molecule has 30 heavy (non-hydrogen) atoms. The van der Waals surface area contributed by atoms with Crippen LogP contribution in [-0.4, -0.2) is 24.9 Å². The molecule has 0 saturated heterocycles. The first-order valence-electron chi connectivity index (χ1n) is 8.58. The average molecular weight is 414 g/mol. The third-order valence-corrected chi connectivity index (χ3v) is 4.61. The van der Waals surface area contributed by atoms with Crippen molar-refractivity contribution >= 4 is 28.0 Å². The minimum atomic E-state index is -1.21. The van der Waals surface area contributed by atoms with Crippen LogP contribution in [0.25, 0.3) is 10.9 Å². The van der Waals surface area contributed by atoms with E-state index >= 15 is 0 Å². The summed E-state index contributed by atoms with van der Waals surface area (Å²) in [7, 11) is 0. The summed E-state index contributed by atoms with van der Waals surface area (Å²) in [5.74, 6) is -1.21. The summed E-state index contributed by atoms with van der Waals surface area (Å²) in [6.45, 7) is 8.48. The molecule has 11 nitrogen and oxygen atoms in total. The third-order valence-electron chi connectivity index (χ3n) is 4.61. The molecule has 0 aliphatic heterocycles. The number of hydrogen-bond acceptors (Lipinski definition) is 8. The van der Waals surface area contributed by atoms with Gasteiger partial charge in [-0.3, -0.25) is 35.3 Å². The van der Waals surface area contributed by atoms with Gasteiger partial charge in [0.1, 0.15) is 0 Å². The summed E-state index contributed by atoms with van der Waals surface area (Å²) in [5, 5.41) is 41.5. The van der Waals surface area contributed by atoms with Crippen molar-refractivity contribution in [3.05, 3.63) is 83.1 Å². The molecule has 3 rings (SSSR count). The lowest BCUT2D eigenvalue weighted by Gasteiger charge is -2.08. The van der Waals surface area contributed by atoms with E-state index < -0.39 is 37.6 Å². The van der Waals surface area contributed by atoms with Crippen molar-refractivity contribution in [3.63, 3.8) is 0 Å². The number of aryl methyl sites for hydroxylation is 3. The zero-order valence-corrected chi connectivity index (χ0v) is 16.6. The fourth-order valence-electron chi connectivity index (χ4n) is 2.76. The first kappa shape index (κ1) is 22.1. The molecule has 0 spiro atoms. The van der Waals surface area contributed by atoms with Gasteiger partial charge in [0.15, 0.2) is 0 Å². The van der Waals surface area contributed by atoms with E-state index in [1.165, 1.54) is 22.1 Å². The number of phenolic OH excluding ortho intramolecular Hbond substituents is 1. The second-order valence-electron chi connectivity index (χ2n) is 6.57. The predicted molar refractivity (Wildman–Crippen MR) is 109 cm³/mol. The number of benzene rings is 2. The molecule has 1 aromatic heterocycles. The van der Waals surface area contributed by atoms with E-state index in [1.807, 2.05) is 0 Å². The number of nitrogens with zero attached hydrogens (tertiary/aromatic N) is 4. The van der Waals surface area contributed by atoms with Gasteiger partial charge < -0.3 is 5.11 Å². The Balaban J connectivity index is 0.000000215. The van der Waals surface area contributed by atoms with Gasteiger partial charge in [0, 0.05) is 11.1 Å². The van der Waals surface area contributed by atoms with E-state index in [1.54, 1.807) is 0 Å². The molecule has 0 amide bonds. The minimum absolute atomic E-state index is 0.447. The number of non-ortho nitro benzene ring substituents is 1. The quantitative estimate of drug-likeness (QED) is 0.480. The molecular weight excluding hydrogens is 396 g/mol. The highest BCUT2D eigenvalue weighted by Crippen LogP contribution is 2.38. The van der Waals surface area contributed by atoms with Gasteiger partial charge in [-0.1, -0.05) is 12.1 Å². The van der Waals surface area contributed by atoms with Gasteiger partial charge in [0.05, 0.1) is 32.4 Å². The maximum atomic E-state index is 10.4. The van der Waals surface area contributed by atoms with Crippen LogP contribution in [-0.2, 0) is 0 Å². The van der Waals surface area contributed by atoms with Gasteiger partial charge in [-0.25, -0.2) is 0 Å². The lowest BCUT2D eigenvalue weighted by Crippen LogP contribution is -1.97. The molecule has 3 aromatic rings. The van der Waals surface area contributed by atoms with Gasteiger partial charge >= 0.3 is 11.4 Å². The van der Waals surface area contributed by atoms with Crippen LogP contribution >= 0.6 is 0 Å². The van der Waals surface area contributed by atoms with Gasteiger partial charge in [-0.2, -0.15) is 0 Å². The normalized spacial score (nSPS) is 10.3. The maximum Gasteiger partial charge on any atom is 0.324 e. The summed E-state index contributed by atoms with van der Waals surface area (Å²) in [6.07, 6.45) is 0. The first-order valence-corrected chi connectivity index (χ1v) is 8.58. The van der Waals surface area contributed by atoms with Gasteiger partial charge in [0.25, 0.3) is 11.4 Å². The summed E-state index contributed by atoms with van der Waals surface area (Å²) < 4.78 is 0. The fourth-order valence-corrected chi connectivity index (χ4v) is 2.76. The molecule has 1 heterocycles. The molecular formula is C19H18N4O7. The largest absolute Gasteiger partial charge is 0.497 e. The number of pyridine rings is 1. The third kappa shape index (κ3) is 4.46. The molecule has 156 valence electrons. The van der Waals surface area contributed by atoms with Crippen LogP contribution in [0.15, 0.2) is 30.3 Å². The van der Waals surface area contributed by atoms with E-state index in [4.69, 9.17) is 5.11 Å². The molecule has 0 bridgehead atoms. The Hall–Kier alpha value is -4.15. The predicted octanol–water partition coefficient (Wildman–Crippen LogP) is 4.59. The van der Waals surface area contributed by atoms with Crippen LogP contribution in [0.5, 0.6) is 5.75 Å². The molecule has 0 fully saturated rings. The molecule has 2 aromatic carbocycles. The number of aromatic nitrogens is 1. The summed E-state index contributed by atoms with van der Waals surface area (Å²) in [5.41, 5.74) is 3.19. The Kier molecular flexibility index (Phi) is 6.25. The minimum Gasteiger partial charge on any atom is -0.497 e. The lowest BCUT2D eigenvalue weighted by molar-refractivity contribution is -0.404. The van der Waals surface area contributed by atoms with Crippen LogP contribution in [0.4, 0.5) is 17.1 Å². The zero-order chi connectivity index (χ0) is 22.7. The van der Waals surface area contributed by atoms with Crippen molar-refractivity contribution in [2.24, 2.45) is 0 Å². The maximum absolute atomic E-state index is 10.4. The van der Waals surface area contributed by atoms with Crippen molar-refractivity contribution in [2.75, 3.05) is 0 Å². The fraction of sp³-hybridized carbons (Fsp3) is 0.211. The molecule has 0 saturated carbocycles. The van der Waals surface area contributed by atoms with Crippen molar-refractivity contribution in [1.29, 1.82) is 0 Å². The summed E-state index contributed by atoms with van der Waals surface area (Å²) in [4.78, 5) is 32.4. The number of nitro benzene ring substituents is 3. The van der Waals surface area contributed by atoms with Crippen molar-refractivity contribution in [3.8, 4) is 5.75 Å². The van der Waals surface area contributed by atoms with E-state index in [0.29, 0.717) is 12.1 Å². The Morgan fingerprint density at radius 1 is 0.800 bits per heavy atom. The second-order valence-corrected chi connectivity index (χ2v) is 6.57.